The van der Waals surface area contributed by atoms with E-state index in [2.05, 4.69) is 58.5 Å². The fourth-order valence-corrected chi connectivity index (χ4v) is 4.17. The summed E-state index contributed by atoms with van der Waals surface area (Å²) in [7, 11) is 0. The van der Waals surface area contributed by atoms with E-state index in [1.807, 2.05) is 4.68 Å². The molecule has 0 atom stereocenters. The van der Waals surface area contributed by atoms with Gasteiger partial charge in [0, 0.05) is 25.4 Å². The minimum atomic E-state index is 0.309. The van der Waals surface area contributed by atoms with Gasteiger partial charge in [-0.1, -0.05) is 38.3 Å². The molecular formula is C22H33N5O. The first-order valence-corrected chi connectivity index (χ1v) is 10.9. The highest BCUT2D eigenvalue weighted by molar-refractivity contribution is 5.76. The van der Waals surface area contributed by atoms with Crippen LogP contribution in [0.2, 0.25) is 0 Å². The molecule has 1 aliphatic carbocycles. The summed E-state index contributed by atoms with van der Waals surface area (Å²) in [5, 5.41) is 12.2. The summed E-state index contributed by atoms with van der Waals surface area (Å²) in [6, 6.07) is 8.81. The lowest BCUT2D eigenvalue weighted by atomic mass is 9.94. The van der Waals surface area contributed by atoms with Crippen molar-refractivity contribution in [2.75, 3.05) is 6.54 Å². The highest BCUT2D eigenvalue weighted by Crippen LogP contribution is 2.23. The van der Waals surface area contributed by atoms with E-state index in [0.717, 1.165) is 43.7 Å². The van der Waals surface area contributed by atoms with Crippen molar-refractivity contribution in [2.24, 2.45) is 0 Å². The van der Waals surface area contributed by atoms with Gasteiger partial charge in [-0.3, -0.25) is 4.79 Å². The Bertz CT molecular complexity index is 734. The molecule has 0 saturated heterocycles. The zero-order valence-corrected chi connectivity index (χ0v) is 17.3. The van der Waals surface area contributed by atoms with Crippen LogP contribution < -0.4 is 0 Å². The summed E-state index contributed by atoms with van der Waals surface area (Å²) in [6.45, 7) is 5.08. The minimum Gasteiger partial charge on any atom is -0.340 e. The average molecular weight is 384 g/mol. The number of aromatic nitrogens is 4. The highest BCUT2D eigenvalue weighted by Gasteiger charge is 2.23. The van der Waals surface area contributed by atoms with E-state index >= 15 is 0 Å². The molecule has 1 fully saturated rings. The van der Waals surface area contributed by atoms with Crippen LogP contribution in [0.25, 0.3) is 5.69 Å². The number of benzene rings is 1. The van der Waals surface area contributed by atoms with Crippen molar-refractivity contribution in [3.63, 3.8) is 0 Å². The smallest absolute Gasteiger partial charge is 0.222 e. The molecule has 1 saturated carbocycles. The van der Waals surface area contributed by atoms with Gasteiger partial charge in [-0.15, -0.1) is 5.10 Å². The van der Waals surface area contributed by atoms with Crippen LogP contribution >= 0.6 is 0 Å². The molecule has 1 aliphatic rings. The number of aryl methyl sites for hydroxylation is 2. The molecule has 3 rings (SSSR count). The molecule has 1 heterocycles. The second kappa shape index (κ2) is 10.3. The predicted molar refractivity (Wildman–Crippen MR) is 110 cm³/mol. The van der Waals surface area contributed by atoms with E-state index in [1.165, 1.54) is 37.7 Å². The lowest BCUT2D eigenvalue weighted by Crippen LogP contribution is -2.41. The van der Waals surface area contributed by atoms with E-state index in [0.29, 0.717) is 18.4 Å². The summed E-state index contributed by atoms with van der Waals surface area (Å²) in [5.41, 5.74) is 2.29. The SMILES string of the molecule is CCc1ccc(-n2nnnc2CCCCC(=O)N(CC)C2CCCCC2)cc1. The first-order chi connectivity index (χ1) is 13.7. The predicted octanol–water partition coefficient (Wildman–Crippen LogP) is 4.12. The van der Waals surface area contributed by atoms with Gasteiger partial charge in [-0.25, -0.2) is 0 Å². The third-order valence-corrected chi connectivity index (χ3v) is 5.84. The van der Waals surface area contributed by atoms with Crippen molar-refractivity contribution in [2.45, 2.75) is 84.1 Å². The van der Waals surface area contributed by atoms with Crippen molar-refractivity contribution in [3.05, 3.63) is 35.7 Å². The maximum Gasteiger partial charge on any atom is 0.222 e. The van der Waals surface area contributed by atoms with Crippen LogP contribution in [0.15, 0.2) is 24.3 Å². The van der Waals surface area contributed by atoms with E-state index in [1.54, 1.807) is 0 Å². The quantitative estimate of drug-likeness (QED) is 0.611. The third kappa shape index (κ3) is 5.18. The van der Waals surface area contributed by atoms with Crippen molar-refractivity contribution < 1.29 is 4.79 Å². The van der Waals surface area contributed by atoms with Crippen LogP contribution in [0.5, 0.6) is 0 Å². The minimum absolute atomic E-state index is 0.309. The zero-order valence-electron chi connectivity index (χ0n) is 17.3. The van der Waals surface area contributed by atoms with Gasteiger partial charge in [0.1, 0.15) is 0 Å². The molecule has 0 radical (unpaired) electrons. The number of carbonyl (C=O) groups is 1. The summed E-state index contributed by atoms with van der Waals surface area (Å²) in [5.74, 6) is 1.17. The number of carbonyl (C=O) groups excluding carboxylic acids is 1. The molecule has 0 spiro atoms. The van der Waals surface area contributed by atoms with E-state index < -0.39 is 0 Å². The van der Waals surface area contributed by atoms with Gasteiger partial charge in [-0.2, -0.15) is 4.68 Å². The fourth-order valence-electron chi connectivity index (χ4n) is 4.17. The lowest BCUT2D eigenvalue weighted by molar-refractivity contribution is -0.134. The number of hydrogen-bond donors (Lipinski definition) is 0. The Balaban J connectivity index is 1.48. The Labute approximate surface area is 168 Å². The van der Waals surface area contributed by atoms with Gasteiger partial charge in [0.15, 0.2) is 5.82 Å². The van der Waals surface area contributed by atoms with Gasteiger partial charge in [-0.05, 0) is 67.2 Å². The molecular weight excluding hydrogens is 350 g/mol. The van der Waals surface area contributed by atoms with E-state index in [4.69, 9.17) is 0 Å². The number of tetrazole rings is 1. The van der Waals surface area contributed by atoms with Crippen LogP contribution in [0, 0.1) is 0 Å². The molecule has 6 heteroatoms. The standard InChI is InChI=1S/C22H33N5O/c1-3-18-14-16-20(17-15-18)27-21(23-24-25-27)12-8-9-13-22(28)26(4-2)19-10-6-5-7-11-19/h14-17,19H,3-13H2,1-2H3. The van der Waals surface area contributed by atoms with Crippen LogP contribution in [0.3, 0.4) is 0 Å². The van der Waals surface area contributed by atoms with Crippen LogP contribution in [0.4, 0.5) is 0 Å². The molecule has 1 aromatic carbocycles. The summed E-state index contributed by atoms with van der Waals surface area (Å²) in [6.07, 6.45) is 10.4. The average Bonchev–Trinajstić information content (AvgIpc) is 3.21. The Hall–Kier alpha value is -2.24. The molecule has 0 aliphatic heterocycles. The zero-order chi connectivity index (χ0) is 19.8. The van der Waals surface area contributed by atoms with Crippen LogP contribution in [-0.4, -0.2) is 43.6 Å². The maximum absolute atomic E-state index is 12.7. The van der Waals surface area contributed by atoms with Gasteiger partial charge in [0.25, 0.3) is 0 Å². The second-order valence-corrected chi connectivity index (χ2v) is 7.71. The molecule has 0 bridgehead atoms. The number of nitrogens with zero attached hydrogens (tertiary/aromatic N) is 5. The van der Waals surface area contributed by atoms with Crippen molar-refractivity contribution in [1.29, 1.82) is 0 Å². The van der Waals surface area contributed by atoms with Gasteiger partial charge in [0.2, 0.25) is 5.91 Å². The topological polar surface area (TPSA) is 63.9 Å². The van der Waals surface area contributed by atoms with E-state index in [-0.39, 0.29) is 0 Å². The molecule has 1 aromatic heterocycles. The Morgan fingerprint density at radius 1 is 1.11 bits per heavy atom. The molecule has 0 N–H and O–H groups in total. The fraction of sp³-hybridized carbons (Fsp3) is 0.636. The first-order valence-electron chi connectivity index (χ1n) is 10.9. The maximum atomic E-state index is 12.7. The summed E-state index contributed by atoms with van der Waals surface area (Å²) in [4.78, 5) is 14.8. The van der Waals surface area contributed by atoms with E-state index in [9.17, 15) is 4.79 Å². The lowest BCUT2D eigenvalue weighted by Gasteiger charge is -2.33. The number of amides is 1. The molecule has 0 unspecified atom stereocenters. The number of unbranched alkanes of at least 4 members (excludes halogenated alkanes) is 1. The third-order valence-electron chi connectivity index (χ3n) is 5.84. The normalized spacial score (nSPS) is 14.9. The Morgan fingerprint density at radius 3 is 2.54 bits per heavy atom. The van der Waals surface area contributed by atoms with Crippen molar-refractivity contribution in [1.82, 2.24) is 25.1 Å². The van der Waals surface area contributed by atoms with Crippen molar-refractivity contribution in [3.8, 4) is 5.69 Å². The highest BCUT2D eigenvalue weighted by atomic mass is 16.2. The number of rotatable bonds is 9. The van der Waals surface area contributed by atoms with Crippen LogP contribution in [-0.2, 0) is 17.6 Å². The Morgan fingerprint density at radius 2 is 1.86 bits per heavy atom. The van der Waals surface area contributed by atoms with Gasteiger partial charge in [0.05, 0.1) is 5.69 Å². The van der Waals surface area contributed by atoms with Crippen molar-refractivity contribution >= 4 is 5.91 Å². The molecule has 1 amide bonds. The summed E-state index contributed by atoms with van der Waals surface area (Å²) < 4.78 is 1.81. The monoisotopic (exact) mass is 383 g/mol. The largest absolute Gasteiger partial charge is 0.340 e. The molecule has 2 aromatic rings. The second-order valence-electron chi connectivity index (χ2n) is 7.71. The van der Waals surface area contributed by atoms with Crippen LogP contribution in [0.1, 0.15) is 76.6 Å². The van der Waals surface area contributed by atoms with Gasteiger partial charge >= 0.3 is 0 Å². The molecule has 6 nitrogen and oxygen atoms in total. The Kier molecular flexibility index (Phi) is 7.57. The molecule has 28 heavy (non-hydrogen) atoms. The summed E-state index contributed by atoms with van der Waals surface area (Å²) >= 11 is 0. The molecule has 152 valence electrons. The van der Waals surface area contributed by atoms with Gasteiger partial charge < -0.3 is 4.90 Å². The number of hydrogen-bond acceptors (Lipinski definition) is 4. The first kappa shape index (κ1) is 20.5.